The van der Waals surface area contributed by atoms with Gasteiger partial charge in [0.2, 0.25) is 0 Å². The highest BCUT2D eigenvalue weighted by molar-refractivity contribution is 5.85. The van der Waals surface area contributed by atoms with E-state index < -0.39 is 0 Å². The van der Waals surface area contributed by atoms with Gasteiger partial charge in [-0.1, -0.05) is 18.2 Å². The quantitative estimate of drug-likeness (QED) is 0.932. The first-order valence-corrected chi connectivity index (χ1v) is 6.62. The van der Waals surface area contributed by atoms with E-state index >= 15 is 0 Å². The molecule has 1 saturated heterocycles. The van der Waals surface area contributed by atoms with Crippen molar-refractivity contribution in [3.63, 3.8) is 0 Å². The molecule has 112 valence electrons. The lowest BCUT2D eigenvalue weighted by molar-refractivity contribution is 0.175. The minimum atomic E-state index is 0. The molecule has 1 atom stereocenters. The number of benzene rings is 1. The van der Waals surface area contributed by atoms with Gasteiger partial charge in [0.25, 0.3) is 0 Å². The molecule has 1 aromatic carbocycles. The zero-order chi connectivity index (χ0) is 13.0. The molecule has 0 bridgehead atoms. The smallest absolute Gasteiger partial charge is 0.0641 e. The Morgan fingerprint density at radius 3 is 2.50 bits per heavy atom. The largest absolute Gasteiger partial charge is 0.314 e. The van der Waals surface area contributed by atoms with Crippen molar-refractivity contribution in [3.8, 4) is 6.07 Å². The first kappa shape index (κ1) is 19.2. The summed E-state index contributed by atoms with van der Waals surface area (Å²) in [4.78, 5) is 2.43. The molecule has 1 aromatic rings. The van der Waals surface area contributed by atoms with Crippen LogP contribution in [0.5, 0.6) is 0 Å². The molecule has 20 heavy (non-hydrogen) atoms. The van der Waals surface area contributed by atoms with Crippen LogP contribution >= 0.6 is 24.8 Å². The topological polar surface area (TPSA) is 39.1 Å². The Morgan fingerprint density at radius 2 is 1.90 bits per heavy atom. The molecule has 0 radical (unpaired) electrons. The Labute approximate surface area is 134 Å². The minimum Gasteiger partial charge on any atom is -0.314 e. The zero-order valence-corrected chi connectivity index (χ0v) is 13.7. The van der Waals surface area contributed by atoms with Gasteiger partial charge >= 0.3 is 0 Å². The van der Waals surface area contributed by atoms with Gasteiger partial charge in [0, 0.05) is 32.2 Å². The number of rotatable bonds is 3. The van der Waals surface area contributed by atoms with Gasteiger partial charge in [-0.15, -0.1) is 24.8 Å². The maximum Gasteiger partial charge on any atom is 0.0641 e. The summed E-state index contributed by atoms with van der Waals surface area (Å²) < 4.78 is 0. The van der Waals surface area contributed by atoms with Crippen molar-refractivity contribution in [3.05, 3.63) is 34.9 Å². The molecule has 0 amide bonds. The van der Waals surface area contributed by atoms with Crippen molar-refractivity contribution < 1.29 is 0 Å². The second-order valence-electron chi connectivity index (χ2n) is 4.95. The Kier molecular flexibility index (Phi) is 8.84. The van der Waals surface area contributed by atoms with E-state index in [1.165, 1.54) is 16.7 Å². The van der Waals surface area contributed by atoms with Gasteiger partial charge in [-0.2, -0.15) is 5.26 Å². The summed E-state index contributed by atoms with van der Waals surface area (Å²) in [5, 5.41) is 12.5. The van der Waals surface area contributed by atoms with Gasteiger partial charge in [0.1, 0.15) is 0 Å². The molecule has 1 aliphatic rings. The van der Waals surface area contributed by atoms with E-state index in [9.17, 15) is 0 Å². The zero-order valence-electron chi connectivity index (χ0n) is 12.1. The van der Waals surface area contributed by atoms with Crippen molar-refractivity contribution >= 4 is 24.8 Å². The number of hydrogen-bond acceptors (Lipinski definition) is 3. The molecule has 0 unspecified atom stereocenters. The fourth-order valence-corrected chi connectivity index (χ4v) is 2.65. The van der Waals surface area contributed by atoms with E-state index in [-0.39, 0.29) is 30.9 Å². The second-order valence-corrected chi connectivity index (χ2v) is 4.95. The van der Waals surface area contributed by atoms with E-state index in [0.29, 0.717) is 6.42 Å². The number of nitriles is 1. The van der Waals surface area contributed by atoms with Crippen LogP contribution in [0.1, 0.15) is 29.2 Å². The molecule has 0 spiro atoms. The minimum absolute atomic E-state index is 0. The molecule has 0 saturated carbocycles. The molecule has 1 heterocycles. The first-order valence-electron chi connectivity index (χ1n) is 6.62. The molecule has 5 heteroatoms. The fourth-order valence-electron chi connectivity index (χ4n) is 2.65. The number of hydrogen-bond donors (Lipinski definition) is 1. The fraction of sp³-hybridized carbons (Fsp3) is 0.533. The van der Waals surface area contributed by atoms with E-state index in [1.54, 1.807) is 0 Å². The lowest BCUT2D eigenvalue weighted by Crippen LogP contribution is -2.45. The highest BCUT2D eigenvalue weighted by Gasteiger charge is 2.23. The van der Waals surface area contributed by atoms with Crippen molar-refractivity contribution in [2.24, 2.45) is 0 Å². The van der Waals surface area contributed by atoms with E-state index in [4.69, 9.17) is 5.26 Å². The molecular formula is C15H23Cl2N3. The average molecular weight is 316 g/mol. The number of halogens is 2. The monoisotopic (exact) mass is 315 g/mol. The Hall–Kier alpha value is -0.790. The summed E-state index contributed by atoms with van der Waals surface area (Å²) in [5.41, 5.74) is 3.96. The average Bonchev–Trinajstić information content (AvgIpc) is 2.41. The maximum atomic E-state index is 9.10. The van der Waals surface area contributed by atoms with Gasteiger partial charge in [-0.3, -0.25) is 4.90 Å². The third kappa shape index (κ3) is 4.36. The van der Waals surface area contributed by atoms with Crippen LogP contribution in [0.3, 0.4) is 0 Å². The summed E-state index contributed by atoms with van der Waals surface area (Å²) in [6, 6.07) is 9.01. The van der Waals surface area contributed by atoms with Gasteiger partial charge in [-0.05, 0) is 30.5 Å². The summed E-state index contributed by atoms with van der Waals surface area (Å²) in [6.45, 7) is 8.40. The Balaban J connectivity index is 0.00000180. The van der Waals surface area contributed by atoms with Crippen LogP contribution in [0.25, 0.3) is 0 Å². The van der Waals surface area contributed by atoms with Crippen LogP contribution in [-0.4, -0.2) is 31.1 Å². The predicted octanol–water partition coefficient (Wildman–Crippen LogP) is 3.01. The van der Waals surface area contributed by atoms with Crippen LogP contribution in [0, 0.1) is 25.2 Å². The van der Waals surface area contributed by atoms with Gasteiger partial charge in [0.05, 0.1) is 12.5 Å². The van der Waals surface area contributed by atoms with Crippen LogP contribution in [-0.2, 0) is 0 Å². The normalized spacial score (nSPS) is 16.4. The molecule has 1 N–H and O–H groups in total. The van der Waals surface area contributed by atoms with Crippen LogP contribution < -0.4 is 5.32 Å². The number of nitrogens with zero attached hydrogens (tertiary/aromatic N) is 2. The number of piperazine rings is 1. The van der Waals surface area contributed by atoms with Crippen LogP contribution in [0.15, 0.2) is 18.2 Å². The summed E-state index contributed by atoms with van der Waals surface area (Å²) >= 11 is 0. The Bertz CT molecular complexity index is 451. The van der Waals surface area contributed by atoms with Crippen molar-refractivity contribution in [2.45, 2.75) is 26.3 Å². The molecule has 0 aliphatic carbocycles. The predicted molar refractivity (Wildman–Crippen MR) is 87.8 cm³/mol. The maximum absolute atomic E-state index is 9.10. The lowest BCUT2D eigenvalue weighted by atomic mass is 9.94. The van der Waals surface area contributed by atoms with E-state index in [0.717, 1.165) is 26.2 Å². The summed E-state index contributed by atoms with van der Waals surface area (Å²) in [7, 11) is 0. The molecule has 0 aromatic heterocycles. The van der Waals surface area contributed by atoms with E-state index in [1.807, 2.05) is 0 Å². The molecule has 2 rings (SSSR count). The summed E-state index contributed by atoms with van der Waals surface area (Å²) in [5.74, 6) is 0. The molecular weight excluding hydrogens is 293 g/mol. The Morgan fingerprint density at radius 1 is 1.25 bits per heavy atom. The third-order valence-electron chi connectivity index (χ3n) is 3.88. The van der Waals surface area contributed by atoms with Gasteiger partial charge < -0.3 is 5.32 Å². The summed E-state index contributed by atoms with van der Waals surface area (Å²) in [6.07, 6.45) is 0.574. The standard InChI is InChI=1S/C15H21N3.2ClH/c1-12-4-3-5-14(13(12)2)15(6-7-16)18-10-8-17-9-11-18;;/h3-5,15,17H,6,8-11H2,1-2H3;2*1H/t15-;;/m1../s1. The second kappa shape index (κ2) is 9.20. The van der Waals surface area contributed by atoms with E-state index in [2.05, 4.69) is 48.3 Å². The lowest BCUT2D eigenvalue weighted by Gasteiger charge is -2.35. The SMILES string of the molecule is Cc1cccc([C@@H](CC#N)N2CCNCC2)c1C.Cl.Cl. The first-order chi connectivity index (χ1) is 8.74. The number of aryl methyl sites for hydroxylation is 1. The highest BCUT2D eigenvalue weighted by Crippen LogP contribution is 2.28. The van der Waals surface area contributed by atoms with Gasteiger partial charge in [-0.25, -0.2) is 0 Å². The third-order valence-corrected chi connectivity index (χ3v) is 3.88. The van der Waals surface area contributed by atoms with Crippen molar-refractivity contribution in [1.82, 2.24) is 10.2 Å². The molecule has 3 nitrogen and oxygen atoms in total. The van der Waals surface area contributed by atoms with Crippen LogP contribution in [0.4, 0.5) is 0 Å². The molecule has 1 fully saturated rings. The number of nitrogens with one attached hydrogen (secondary N) is 1. The van der Waals surface area contributed by atoms with Gasteiger partial charge in [0.15, 0.2) is 0 Å². The van der Waals surface area contributed by atoms with Crippen LogP contribution in [0.2, 0.25) is 0 Å². The molecule has 1 aliphatic heterocycles. The van der Waals surface area contributed by atoms with Crippen molar-refractivity contribution in [2.75, 3.05) is 26.2 Å². The highest BCUT2D eigenvalue weighted by atomic mass is 35.5. The van der Waals surface area contributed by atoms with Crippen molar-refractivity contribution in [1.29, 1.82) is 5.26 Å².